The van der Waals surface area contributed by atoms with E-state index in [-0.39, 0.29) is 29.8 Å². The highest BCUT2D eigenvalue weighted by Gasteiger charge is 2.13. The smallest absolute Gasteiger partial charge is 0.234 e. The van der Waals surface area contributed by atoms with Gasteiger partial charge in [0.05, 0.1) is 11.4 Å². The number of hydrogen-bond acceptors (Lipinski definition) is 5. The maximum absolute atomic E-state index is 13.5. The van der Waals surface area contributed by atoms with Crippen LogP contribution in [0.5, 0.6) is 5.75 Å². The van der Waals surface area contributed by atoms with Crippen molar-refractivity contribution in [2.75, 3.05) is 11.1 Å². The second kappa shape index (κ2) is 8.63. The standard InChI is InChI=1S/C18H16F2N4O2S/c1-24-16(10-26-13-8-6-12(19)7-9-13)22-23-18(24)27-11-17(25)21-15-5-3-2-4-14(15)20/h2-9H,10-11H2,1H3,(H,21,25). The third-order valence-corrected chi connectivity index (χ3v) is 4.61. The number of nitrogens with one attached hydrogen (secondary N) is 1. The average molecular weight is 390 g/mol. The number of hydrogen-bond donors (Lipinski definition) is 1. The summed E-state index contributed by atoms with van der Waals surface area (Å²) in [5.74, 6) is -0.0615. The highest BCUT2D eigenvalue weighted by atomic mass is 32.2. The third kappa shape index (κ3) is 5.04. The van der Waals surface area contributed by atoms with E-state index in [0.29, 0.717) is 16.7 Å². The van der Waals surface area contributed by atoms with Gasteiger partial charge in [0.25, 0.3) is 0 Å². The third-order valence-electron chi connectivity index (χ3n) is 3.59. The van der Waals surface area contributed by atoms with Crippen LogP contribution < -0.4 is 10.1 Å². The number of carbonyl (C=O) groups excluding carboxylic acids is 1. The Morgan fingerprint density at radius 1 is 1.15 bits per heavy atom. The molecule has 0 aliphatic carbocycles. The number of benzene rings is 2. The maximum atomic E-state index is 13.5. The summed E-state index contributed by atoms with van der Waals surface area (Å²) in [5.41, 5.74) is 0.134. The Labute approximate surface area is 158 Å². The molecule has 0 atom stereocenters. The molecule has 0 saturated heterocycles. The zero-order valence-corrected chi connectivity index (χ0v) is 15.2. The van der Waals surface area contributed by atoms with Crippen LogP contribution in [0.25, 0.3) is 0 Å². The molecule has 0 aliphatic rings. The molecule has 140 valence electrons. The zero-order chi connectivity index (χ0) is 19.2. The first-order valence-electron chi connectivity index (χ1n) is 7.97. The van der Waals surface area contributed by atoms with Crippen LogP contribution in [0.1, 0.15) is 5.82 Å². The summed E-state index contributed by atoms with van der Waals surface area (Å²) in [6.45, 7) is 0.150. The summed E-state index contributed by atoms with van der Waals surface area (Å²) in [6, 6.07) is 11.6. The van der Waals surface area contributed by atoms with Crippen molar-refractivity contribution in [3.8, 4) is 5.75 Å². The van der Waals surface area contributed by atoms with E-state index in [4.69, 9.17) is 4.74 Å². The van der Waals surface area contributed by atoms with Gasteiger partial charge in [-0.1, -0.05) is 23.9 Å². The first kappa shape index (κ1) is 18.8. The van der Waals surface area contributed by atoms with Crippen molar-refractivity contribution in [2.45, 2.75) is 11.8 Å². The van der Waals surface area contributed by atoms with E-state index >= 15 is 0 Å². The molecule has 0 radical (unpaired) electrons. The number of thioether (sulfide) groups is 1. The number of ether oxygens (including phenoxy) is 1. The molecule has 6 nitrogen and oxygen atoms in total. The molecule has 3 rings (SSSR count). The van der Waals surface area contributed by atoms with Crippen LogP contribution in [0.15, 0.2) is 53.7 Å². The van der Waals surface area contributed by atoms with E-state index in [1.807, 2.05) is 0 Å². The molecule has 1 heterocycles. The molecular formula is C18H16F2N4O2S. The maximum Gasteiger partial charge on any atom is 0.234 e. The molecule has 0 spiro atoms. The van der Waals surface area contributed by atoms with Crippen LogP contribution in [0.3, 0.4) is 0 Å². The Balaban J connectivity index is 1.53. The van der Waals surface area contributed by atoms with Crippen LogP contribution in [0.2, 0.25) is 0 Å². The van der Waals surface area contributed by atoms with Crippen LogP contribution in [0.4, 0.5) is 14.5 Å². The molecule has 1 aromatic heterocycles. The molecule has 0 aliphatic heterocycles. The molecule has 0 unspecified atom stereocenters. The van der Waals surface area contributed by atoms with Gasteiger partial charge in [0, 0.05) is 7.05 Å². The summed E-state index contributed by atoms with van der Waals surface area (Å²) in [7, 11) is 1.75. The zero-order valence-electron chi connectivity index (χ0n) is 14.4. The fourth-order valence-corrected chi connectivity index (χ4v) is 2.88. The number of nitrogens with zero attached hydrogens (tertiary/aromatic N) is 3. The highest BCUT2D eigenvalue weighted by molar-refractivity contribution is 7.99. The number of carbonyl (C=O) groups is 1. The molecule has 9 heteroatoms. The van der Waals surface area contributed by atoms with Gasteiger partial charge in [0.2, 0.25) is 5.91 Å². The predicted molar refractivity (Wildman–Crippen MR) is 97.5 cm³/mol. The predicted octanol–water partition coefficient (Wildman–Crippen LogP) is 3.40. The normalized spacial score (nSPS) is 10.6. The first-order chi connectivity index (χ1) is 13.0. The second-order valence-electron chi connectivity index (χ2n) is 5.52. The molecule has 0 bridgehead atoms. The number of para-hydroxylation sites is 1. The molecule has 0 fully saturated rings. The average Bonchev–Trinajstić information content (AvgIpc) is 3.01. The van der Waals surface area contributed by atoms with E-state index in [1.54, 1.807) is 23.7 Å². The van der Waals surface area contributed by atoms with Gasteiger partial charge in [0.15, 0.2) is 11.0 Å². The Hall–Kier alpha value is -2.94. The summed E-state index contributed by atoms with van der Waals surface area (Å²) in [5, 5.41) is 11.1. The van der Waals surface area contributed by atoms with Gasteiger partial charge in [-0.2, -0.15) is 0 Å². The van der Waals surface area contributed by atoms with Crippen molar-refractivity contribution in [2.24, 2.45) is 7.05 Å². The van der Waals surface area contributed by atoms with E-state index < -0.39 is 5.82 Å². The van der Waals surface area contributed by atoms with E-state index in [0.717, 1.165) is 0 Å². The van der Waals surface area contributed by atoms with Gasteiger partial charge in [-0.05, 0) is 36.4 Å². The number of amides is 1. The first-order valence-corrected chi connectivity index (χ1v) is 8.95. The number of aromatic nitrogens is 3. The van der Waals surface area contributed by atoms with Gasteiger partial charge in [-0.15, -0.1) is 10.2 Å². The van der Waals surface area contributed by atoms with Crippen molar-refractivity contribution < 1.29 is 18.3 Å². The summed E-state index contributed by atoms with van der Waals surface area (Å²) in [6.07, 6.45) is 0. The molecule has 3 aromatic rings. The Morgan fingerprint density at radius 3 is 2.63 bits per heavy atom. The van der Waals surface area contributed by atoms with Crippen molar-refractivity contribution in [3.05, 3.63) is 66.0 Å². The van der Waals surface area contributed by atoms with Crippen molar-refractivity contribution >= 4 is 23.4 Å². The van der Waals surface area contributed by atoms with Crippen LogP contribution >= 0.6 is 11.8 Å². The molecule has 1 amide bonds. The Bertz CT molecular complexity index is 931. The van der Waals surface area contributed by atoms with Crippen molar-refractivity contribution in [1.29, 1.82) is 0 Å². The topological polar surface area (TPSA) is 69.0 Å². The minimum Gasteiger partial charge on any atom is -0.486 e. The lowest BCUT2D eigenvalue weighted by Crippen LogP contribution is -2.15. The molecule has 27 heavy (non-hydrogen) atoms. The lowest BCUT2D eigenvalue weighted by Gasteiger charge is -2.07. The molecule has 2 aromatic carbocycles. The van der Waals surface area contributed by atoms with E-state index in [1.165, 1.54) is 48.2 Å². The highest BCUT2D eigenvalue weighted by Crippen LogP contribution is 2.19. The van der Waals surface area contributed by atoms with Crippen LogP contribution in [-0.4, -0.2) is 26.4 Å². The minimum atomic E-state index is -0.491. The molecular weight excluding hydrogens is 374 g/mol. The summed E-state index contributed by atoms with van der Waals surface area (Å²) in [4.78, 5) is 12.0. The number of anilines is 1. The van der Waals surface area contributed by atoms with Crippen molar-refractivity contribution in [3.63, 3.8) is 0 Å². The Kier molecular flexibility index (Phi) is 6.02. The van der Waals surface area contributed by atoms with Gasteiger partial charge in [-0.3, -0.25) is 4.79 Å². The monoisotopic (exact) mass is 390 g/mol. The van der Waals surface area contributed by atoms with Crippen LogP contribution in [-0.2, 0) is 18.4 Å². The van der Waals surface area contributed by atoms with Crippen molar-refractivity contribution in [1.82, 2.24) is 14.8 Å². The Morgan fingerprint density at radius 2 is 1.89 bits per heavy atom. The van der Waals surface area contributed by atoms with Gasteiger partial charge >= 0.3 is 0 Å². The summed E-state index contributed by atoms with van der Waals surface area (Å²) >= 11 is 1.17. The molecule has 1 N–H and O–H groups in total. The lowest BCUT2D eigenvalue weighted by atomic mass is 10.3. The van der Waals surface area contributed by atoms with Crippen LogP contribution in [0, 0.1) is 11.6 Å². The summed E-state index contributed by atoms with van der Waals surface area (Å²) < 4.78 is 33.7. The number of rotatable bonds is 7. The van der Waals surface area contributed by atoms with Gasteiger partial charge in [0.1, 0.15) is 24.0 Å². The lowest BCUT2D eigenvalue weighted by molar-refractivity contribution is -0.113. The molecule has 0 saturated carbocycles. The van der Waals surface area contributed by atoms with Gasteiger partial charge < -0.3 is 14.6 Å². The fraction of sp³-hybridized carbons (Fsp3) is 0.167. The SMILES string of the molecule is Cn1c(COc2ccc(F)cc2)nnc1SCC(=O)Nc1ccccc1F. The second-order valence-corrected chi connectivity index (χ2v) is 6.46. The minimum absolute atomic E-state index is 0.0547. The largest absolute Gasteiger partial charge is 0.486 e. The fourth-order valence-electron chi connectivity index (χ4n) is 2.15. The van der Waals surface area contributed by atoms with E-state index in [2.05, 4.69) is 15.5 Å². The number of halogens is 2. The quantitative estimate of drug-likeness (QED) is 0.626. The van der Waals surface area contributed by atoms with Gasteiger partial charge in [-0.25, -0.2) is 8.78 Å². The van der Waals surface area contributed by atoms with E-state index in [9.17, 15) is 13.6 Å².